The second-order valence-corrected chi connectivity index (χ2v) is 5.60. The first-order valence-corrected chi connectivity index (χ1v) is 6.26. The van der Waals surface area contributed by atoms with Crippen LogP contribution in [0.2, 0.25) is 0 Å². The maximum Gasteiger partial charge on any atom is 0.0934 e. The summed E-state index contributed by atoms with van der Waals surface area (Å²) in [5.74, 6) is 0.650. The Labute approximate surface area is 99.4 Å². The number of hydrogen-bond donors (Lipinski definition) is 1. The van der Waals surface area contributed by atoms with Gasteiger partial charge >= 0.3 is 0 Å². The Kier molecular flexibility index (Phi) is 5.07. The van der Waals surface area contributed by atoms with E-state index in [4.69, 9.17) is 4.42 Å². The Bertz CT molecular complexity index is 271. The van der Waals surface area contributed by atoms with Gasteiger partial charge in [0.15, 0.2) is 0 Å². The van der Waals surface area contributed by atoms with Gasteiger partial charge in [0.1, 0.15) is 0 Å². The van der Waals surface area contributed by atoms with Crippen LogP contribution in [-0.2, 0) is 6.42 Å². The molecule has 1 atom stereocenters. The maximum atomic E-state index is 5.13. The molecule has 1 N–H and O–H groups in total. The van der Waals surface area contributed by atoms with Crippen LogP contribution >= 0.6 is 0 Å². The molecule has 1 heterocycles. The fourth-order valence-electron chi connectivity index (χ4n) is 1.83. The zero-order valence-corrected chi connectivity index (χ0v) is 11.0. The van der Waals surface area contributed by atoms with E-state index in [0.717, 1.165) is 19.5 Å². The summed E-state index contributed by atoms with van der Waals surface area (Å²) in [5.41, 5.74) is 1.64. The zero-order chi connectivity index (χ0) is 12.0. The number of rotatable bonds is 6. The Balaban J connectivity index is 2.51. The Morgan fingerprint density at radius 1 is 1.38 bits per heavy atom. The molecule has 16 heavy (non-hydrogen) atoms. The molecule has 2 heteroatoms. The van der Waals surface area contributed by atoms with E-state index >= 15 is 0 Å². The summed E-state index contributed by atoms with van der Waals surface area (Å²) in [7, 11) is 0. The molecule has 2 nitrogen and oxygen atoms in total. The minimum absolute atomic E-state index is 0.331. The first-order valence-electron chi connectivity index (χ1n) is 6.26. The second-order valence-electron chi connectivity index (χ2n) is 5.60. The van der Waals surface area contributed by atoms with Gasteiger partial charge in [-0.2, -0.15) is 0 Å². The molecule has 0 saturated carbocycles. The molecule has 92 valence electrons. The van der Waals surface area contributed by atoms with Crippen molar-refractivity contribution >= 4 is 0 Å². The van der Waals surface area contributed by atoms with E-state index in [1.165, 1.54) is 12.0 Å². The van der Waals surface area contributed by atoms with Crippen LogP contribution in [-0.4, -0.2) is 13.1 Å². The summed E-state index contributed by atoms with van der Waals surface area (Å²) in [4.78, 5) is 0. The highest BCUT2D eigenvalue weighted by atomic mass is 16.3. The average Bonchev–Trinajstić information content (AvgIpc) is 2.67. The normalized spacial score (nSPS) is 14.0. The van der Waals surface area contributed by atoms with Crippen molar-refractivity contribution in [2.45, 2.75) is 40.5 Å². The van der Waals surface area contributed by atoms with E-state index in [0.29, 0.717) is 11.3 Å². The molecule has 1 aromatic heterocycles. The van der Waals surface area contributed by atoms with Gasteiger partial charge in [-0.05, 0) is 48.9 Å². The van der Waals surface area contributed by atoms with E-state index < -0.39 is 0 Å². The third-order valence-corrected chi connectivity index (χ3v) is 3.10. The minimum Gasteiger partial charge on any atom is -0.472 e. The third kappa shape index (κ3) is 4.40. The molecule has 0 aliphatic rings. The highest BCUT2D eigenvalue weighted by molar-refractivity contribution is 5.07. The number of hydrogen-bond acceptors (Lipinski definition) is 2. The van der Waals surface area contributed by atoms with Crippen LogP contribution in [0.15, 0.2) is 23.0 Å². The molecular formula is C14H25NO. The predicted molar refractivity (Wildman–Crippen MR) is 68.5 cm³/mol. The van der Waals surface area contributed by atoms with Gasteiger partial charge < -0.3 is 9.73 Å². The summed E-state index contributed by atoms with van der Waals surface area (Å²) in [6, 6.07) is 2.07. The SMILES string of the molecule is CCCNCC(Cc1ccoc1)C(C)(C)C. The van der Waals surface area contributed by atoms with Crippen LogP contribution in [0.25, 0.3) is 0 Å². The standard InChI is InChI=1S/C14H25NO/c1-5-7-15-10-13(14(2,3)4)9-12-6-8-16-11-12/h6,8,11,13,15H,5,7,9-10H2,1-4H3. The van der Waals surface area contributed by atoms with Crippen molar-refractivity contribution in [3.8, 4) is 0 Å². The van der Waals surface area contributed by atoms with Crippen LogP contribution in [0.4, 0.5) is 0 Å². The lowest BCUT2D eigenvalue weighted by Crippen LogP contribution is -2.33. The van der Waals surface area contributed by atoms with Gasteiger partial charge in [-0.15, -0.1) is 0 Å². The van der Waals surface area contributed by atoms with Crippen molar-refractivity contribution < 1.29 is 4.42 Å². The summed E-state index contributed by atoms with van der Waals surface area (Å²) in [6.07, 6.45) is 5.91. The van der Waals surface area contributed by atoms with Crippen LogP contribution in [0.1, 0.15) is 39.7 Å². The van der Waals surface area contributed by atoms with Crippen molar-refractivity contribution in [3.63, 3.8) is 0 Å². The first kappa shape index (κ1) is 13.3. The Morgan fingerprint density at radius 3 is 2.62 bits per heavy atom. The molecule has 1 aromatic rings. The Hall–Kier alpha value is -0.760. The van der Waals surface area contributed by atoms with Crippen molar-refractivity contribution in [1.29, 1.82) is 0 Å². The van der Waals surface area contributed by atoms with Gasteiger partial charge in [0.25, 0.3) is 0 Å². The molecule has 0 spiro atoms. The van der Waals surface area contributed by atoms with Crippen LogP contribution in [0.3, 0.4) is 0 Å². The van der Waals surface area contributed by atoms with E-state index in [2.05, 4.69) is 39.1 Å². The lowest BCUT2D eigenvalue weighted by Gasteiger charge is -2.30. The summed E-state index contributed by atoms with van der Waals surface area (Å²) in [6.45, 7) is 11.3. The zero-order valence-electron chi connectivity index (χ0n) is 11.0. The number of furan rings is 1. The van der Waals surface area contributed by atoms with Crippen LogP contribution in [0, 0.1) is 11.3 Å². The highest BCUT2D eigenvalue weighted by Crippen LogP contribution is 2.28. The van der Waals surface area contributed by atoms with Gasteiger partial charge in [0.05, 0.1) is 12.5 Å². The van der Waals surface area contributed by atoms with Crippen LogP contribution in [0.5, 0.6) is 0 Å². The molecule has 1 unspecified atom stereocenters. The van der Waals surface area contributed by atoms with E-state index in [1.54, 1.807) is 6.26 Å². The summed E-state index contributed by atoms with van der Waals surface area (Å²) in [5, 5.41) is 3.52. The fraction of sp³-hybridized carbons (Fsp3) is 0.714. The van der Waals surface area contributed by atoms with Gasteiger partial charge in [-0.3, -0.25) is 0 Å². The largest absolute Gasteiger partial charge is 0.472 e. The lowest BCUT2D eigenvalue weighted by molar-refractivity contribution is 0.230. The highest BCUT2D eigenvalue weighted by Gasteiger charge is 2.24. The quantitative estimate of drug-likeness (QED) is 0.747. The lowest BCUT2D eigenvalue weighted by atomic mass is 9.77. The molecule has 0 amide bonds. The molecule has 0 fully saturated rings. The van der Waals surface area contributed by atoms with Gasteiger partial charge in [0, 0.05) is 0 Å². The van der Waals surface area contributed by atoms with Crippen molar-refractivity contribution in [2.75, 3.05) is 13.1 Å². The van der Waals surface area contributed by atoms with Crippen molar-refractivity contribution in [1.82, 2.24) is 5.32 Å². The maximum absolute atomic E-state index is 5.13. The molecule has 0 saturated heterocycles. The molecule has 0 aliphatic carbocycles. The van der Waals surface area contributed by atoms with Gasteiger partial charge in [-0.1, -0.05) is 27.7 Å². The monoisotopic (exact) mass is 223 g/mol. The van der Waals surface area contributed by atoms with Crippen molar-refractivity contribution in [3.05, 3.63) is 24.2 Å². The summed E-state index contributed by atoms with van der Waals surface area (Å²) < 4.78 is 5.13. The molecule has 0 aliphatic heterocycles. The van der Waals surface area contributed by atoms with E-state index in [1.807, 2.05) is 6.26 Å². The minimum atomic E-state index is 0.331. The average molecular weight is 223 g/mol. The predicted octanol–water partition coefficient (Wildman–Crippen LogP) is 3.48. The fourth-order valence-corrected chi connectivity index (χ4v) is 1.83. The molecule has 0 radical (unpaired) electrons. The third-order valence-electron chi connectivity index (χ3n) is 3.10. The second kappa shape index (κ2) is 6.09. The van der Waals surface area contributed by atoms with E-state index in [9.17, 15) is 0 Å². The van der Waals surface area contributed by atoms with Crippen molar-refractivity contribution in [2.24, 2.45) is 11.3 Å². The Morgan fingerprint density at radius 2 is 2.12 bits per heavy atom. The van der Waals surface area contributed by atoms with Gasteiger partial charge in [0.2, 0.25) is 0 Å². The molecule has 0 aromatic carbocycles. The number of nitrogens with one attached hydrogen (secondary N) is 1. The van der Waals surface area contributed by atoms with Gasteiger partial charge in [-0.25, -0.2) is 0 Å². The first-order chi connectivity index (χ1) is 7.54. The van der Waals surface area contributed by atoms with Crippen LogP contribution < -0.4 is 5.32 Å². The van der Waals surface area contributed by atoms with E-state index in [-0.39, 0.29) is 0 Å². The topological polar surface area (TPSA) is 25.2 Å². The molecule has 1 rings (SSSR count). The summed E-state index contributed by atoms with van der Waals surface area (Å²) >= 11 is 0. The smallest absolute Gasteiger partial charge is 0.0934 e. The molecule has 0 bridgehead atoms. The molecular weight excluding hydrogens is 198 g/mol.